The molecule has 3 rings (SSSR count). The third-order valence-corrected chi connectivity index (χ3v) is 4.01. The highest BCUT2D eigenvalue weighted by atomic mass is 35.5. The summed E-state index contributed by atoms with van der Waals surface area (Å²) in [4.78, 5) is 11.7. The molecular formula is C18H16ClNO3. The number of phenols is 1. The van der Waals surface area contributed by atoms with Gasteiger partial charge in [-0.05, 0) is 49.7 Å². The first kappa shape index (κ1) is 15.4. The van der Waals surface area contributed by atoms with Crippen LogP contribution in [0.5, 0.6) is 5.75 Å². The van der Waals surface area contributed by atoms with Gasteiger partial charge in [0.2, 0.25) is 0 Å². The number of hydrogen-bond acceptors (Lipinski definition) is 4. The predicted octanol–water partition coefficient (Wildman–Crippen LogP) is 4.63. The fraction of sp³-hybridized carbons (Fsp3) is 0.167. The number of rotatable bonds is 3. The zero-order chi connectivity index (χ0) is 16.6. The number of phenolic OH excluding ortho intramolecular Hbond substituents is 1. The van der Waals surface area contributed by atoms with Gasteiger partial charge in [0.1, 0.15) is 11.3 Å². The molecule has 0 saturated carbocycles. The molecule has 23 heavy (non-hydrogen) atoms. The highest BCUT2D eigenvalue weighted by Gasteiger charge is 2.18. The van der Waals surface area contributed by atoms with Gasteiger partial charge in [0.25, 0.3) is 0 Å². The van der Waals surface area contributed by atoms with Gasteiger partial charge >= 0.3 is 5.63 Å². The lowest BCUT2D eigenvalue weighted by Crippen LogP contribution is -2.09. The van der Waals surface area contributed by atoms with Gasteiger partial charge in [0.05, 0.1) is 11.6 Å². The summed E-state index contributed by atoms with van der Waals surface area (Å²) in [6.07, 6.45) is 0. The summed E-state index contributed by atoms with van der Waals surface area (Å²) in [7, 11) is 0. The van der Waals surface area contributed by atoms with Crippen molar-refractivity contribution in [2.75, 3.05) is 5.32 Å². The highest BCUT2D eigenvalue weighted by molar-refractivity contribution is 6.30. The minimum Gasteiger partial charge on any atom is -0.507 e. The van der Waals surface area contributed by atoms with Crippen molar-refractivity contribution in [3.05, 3.63) is 69.0 Å². The molecule has 118 valence electrons. The summed E-state index contributed by atoms with van der Waals surface area (Å²) in [5, 5.41) is 14.9. The average molecular weight is 330 g/mol. The van der Waals surface area contributed by atoms with Gasteiger partial charge in [-0.1, -0.05) is 17.7 Å². The second-order valence-electron chi connectivity index (χ2n) is 5.50. The van der Waals surface area contributed by atoms with E-state index in [1.54, 1.807) is 24.3 Å². The van der Waals surface area contributed by atoms with E-state index in [2.05, 4.69) is 5.32 Å². The standard InChI is InChI=1S/C18H16ClNO3/c1-10-8-16(22)23-18-14(10)6-7-15(21)17(18)11(2)20-13-5-3-4-12(19)9-13/h3-9,11,20-21H,1-2H3. The van der Waals surface area contributed by atoms with Gasteiger partial charge in [-0.2, -0.15) is 0 Å². The molecule has 0 radical (unpaired) electrons. The third kappa shape index (κ3) is 3.03. The Kier molecular flexibility index (Phi) is 4.01. The van der Waals surface area contributed by atoms with Crippen LogP contribution >= 0.6 is 11.6 Å². The molecule has 2 aromatic carbocycles. The Bertz CT molecular complexity index is 933. The lowest BCUT2D eigenvalue weighted by atomic mass is 10.0. The maximum absolute atomic E-state index is 11.7. The number of anilines is 1. The quantitative estimate of drug-likeness (QED) is 0.687. The zero-order valence-corrected chi connectivity index (χ0v) is 13.5. The first-order chi connectivity index (χ1) is 11.0. The molecule has 0 fully saturated rings. The van der Waals surface area contributed by atoms with E-state index in [9.17, 15) is 9.90 Å². The summed E-state index contributed by atoms with van der Waals surface area (Å²) in [6, 6.07) is 11.8. The van der Waals surface area contributed by atoms with Crippen LogP contribution in [0, 0.1) is 6.92 Å². The topological polar surface area (TPSA) is 62.5 Å². The average Bonchev–Trinajstić information content (AvgIpc) is 2.46. The van der Waals surface area contributed by atoms with Crippen molar-refractivity contribution < 1.29 is 9.52 Å². The summed E-state index contributed by atoms with van der Waals surface area (Å²) >= 11 is 5.99. The number of aromatic hydroxyl groups is 1. The van der Waals surface area contributed by atoms with E-state index in [0.717, 1.165) is 16.6 Å². The number of halogens is 1. The molecule has 1 atom stereocenters. The molecule has 0 aliphatic carbocycles. The normalized spacial score (nSPS) is 12.3. The molecule has 3 aromatic rings. The monoisotopic (exact) mass is 329 g/mol. The van der Waals surface area contributed by atoms with Crippen molar-refractivity contribution in [3.63, 3.8) is 0 Å². The number of benzene rings is 2. The van der Waals surface area contributed by atoms with Crippen molar-refractivity contribution in [1.82, 2.24) is 0 Å². The Labute approximate surface area is 138 Å². The molecule has 1 unspecified atom stereocenters. The van der Waals surface area contributed by atoms with Crippen molar-refractivity contribution in [3.8, 4) is 5.75 Å². The minimum atomic E-state index is -0.434. The molecule has 0 amide bonds. The van der Waals surface area contributed by atoms with Crippen LogP contribution in [0.1, 0.15) is 24.1 Å². The molecule has 0 bridgehead atoms. The van der Waals surface area contributed by atoms with E-state index in [-0.39, 0.29) is 11.8 Å². The van der Waals surface area contributed by atoms with Gasteiger partial charge in [-0.25, -0.2) is 4.79 Å². The fourth-order valence-electron chi connectivity index (χ4n) is 2.71. The molecule has 0 spiro atoms. The SMILES string of the molecule is Cc1cc(=O)oc2c(C(C)Nc3cccc(Cl)c3)c(O)ccc12. The minimum absolute atomic E-state index is 0.0771. The van der Waals surface area contributed by atoms with E-state index >= 15 is 0 Å². The van der Waals surface area contributed by atoms with Gasteiger partial charge in [0.15, 0.2) is 0 Å². The zero-order valence-electron chi connectivity index (χ0n) is 12.8. The number of aryl methyl sites for hydroxylation is 1. The highest BCUT2D eigenvalue weighted by Crippen LogP contribution is 2.34. The second kappa shape index (κ2) is 5.97. The van der Waals surface area contributed by atoms with E-state index in [4.69, 9.17) is 16.0 Å². The van der Waals surface area contributed by atoms with Gasteiger partial charge < -0.3 is 14.8 Å². The van der Waals surface area contributed by atoms with Crippen molar-refractivity contribution in [2.45, 2.75) is 19.9 Å². The van der Waals surface area contributed by atoms with E-state index in [0.29, 0.717) is 16.2 Å². The molecule has 1 aromatic heterocycles. The Balaban J connectivity index is 2.11. The summed E-state index contributed by atoms with van der Waals surface area (Å²) in [6.45, 7) is 3.73. The molecular weight excluding hydrogens is 314 g/mol. The van der Waals surface area contributed by atoms with Crippen LogP contribution in [0.25, 0.3) is 11.0 Å². The number of nitrogens with one attached hydrogen (secondary N) is 1. The maximum Gasteiger partial charge on any atom is 0.336 e. The molecule has 5 heteroatoms. The van der Waals surface area contributed by atoms with Crippen molar-refractivity contribution in [1.29, 1.82) is 0 Å². The van der Waals surface area contributed by atoms with Crippen molar-refractivity contribution >= 4 is 28.3 Å². The molecule has 0 aliphatic rings. The van der Waals surface area contributed by atoms with Gasteiger partial charge in [-0.15, -0.1) is 0 Å². The van der Waals surface area contributed by atoms with Crippen LogP contribution < -0.4 is 10.9 Å². The predicted molar refractivity (Wildman–Crippen MR) is 92.4 cm³/mol. The van der Waals surface area contributed by atoms with Crippen LogP contribution in [0.2, 0.25) is 5.02 Å². The Morgan fingerprint density at radius 1 is 1.22 bits per heavy atom. The van der Waals surface area contributed by atoms with Gasteiger partial charge in [-0.3, -0.25) is 0 Å². The van der Waals surface area contributed by atoms with E-state index in [1.165, 1.54) is 6.07 Å². The molecule has 0 saturated heterocycles. The Hall–Kier alpha value is -2.46. The molecule has 0 aliphatic heterocycles. The Morgan fingerprint density at radius 2 is 2.00 bits per heavy atom. The summed E-state index contributed by atoms with van der Waals surface area (Å²) in [5.41, 5.74) is 2.14. The second-order valence-corrected chi connectivity index (χ2v) is 5.94. The van der Waals surface area contributed by atoms with Crippen LogP contribution in [0.4, 0.5) is 5.69 Å². The van der Waals surface area contributed by atoms with Crippen molar-refractivity contribution in [2.24, 2.45) is 0 Å². The van der Waals surface area contributed by atoms with Crippen LogP contribution in [-0.2, 0) is 0 Å². The lowest BCUT2D eigenvalue weighted by Gasteiger charge is -2.18. The third-order valence-electron chi connectivity index (χ3n) is 3.78. The molecule has 2 N–H and O–H groups in total. The molecule has 4 nitrogen and oxygen atoms in total. The van der Waals surface area contributed by atoms with E-state index in [1.807, 2.05) is 26.0 Å². The van der Waals surface area contributed by atoms with Crippen LogP contribution in [0.15, 0.2) is 51.7 Å². The van der Waals surface area contributed by atoms with Crippen LogP contribution in [-0.4, -0.2) is 5.11 Å². The van der Waals surface area contributed by atoms with E-state index < -0.39 is 5.63 Å². The lowest BCUT2D eigenvalue weighted by molar-refractivity contribution is 0.462. The Morgan fingerprint density at radius 3 is 2.74 bits per heavy atom. The number of hydrogen-bond donors (Lipinski definition) is 2. The smallest absolute Gasteiger partial charge is 0.336 e. The fourth-order valence-corrected chi connectivity index (χ4v) is 2.90. The summed E-state index contributed by atoms with van der Waals surface area (Å²) < 4.78 is 5.36. The summed E-state index contributed by atoms with van der Waals surface area (Å²) in [5.74, 6) is 0.0771. The number of fused-ring (bicyclic) bond motifs is 1. The first-order valence-corrected chi connectivity index (χ1v) is 7.62. The molecule has 1 heterocycles. The first-order valence-electron chi connectivity index (χ1n) is 7.24. The largest absolute Gasteiger partial charge is 0.507 e. The van der Waals surface area contributed by atoms with Crippen LogP contribution in [0.3, 0.4) is 0 Å². The maximum atomic E-state index is 11.7. The van der Waals surface area contributed by atoms with Gasteiger partial charge in [0, 0.05) is 22.2 Å².